The van der Waals surface area contributed by atoms with Gasteiger partial charge >= 0.3 is 0 Å². The summed E-state index contributed by atoms with van der Waals surface area (Å²) in [5, 5.41) is 3.18. The molecule has 3 rings (SSSR count). The molecule has 0 aliphatic carbocycles. The van der Waals surface area contributed by atoms with Crippen molar-refractivity contribution in [1.82, 2.24) is 9.97 Å². The van der Waals surface area contributed by atoms with E-state index in [1.54, 1.807) is 0 Å². The number of nitrogens with zero attached hydrogens (tertiary/aromatic N) is 2. The van der Waals surface area contributed by atoms with Crippen LogP contribution in [0.5, 0.6) is 0 Å². The van der Waals surface area contributed by atoms with Crippen LogP contribution >= 0.6 is 11.8 Å². The van der Waals surface area contributed by atoms with Crippen molar-refractivity contribution in [2.24, 2.45) is 0 Å². The Morgan fingerprint density at radius 1 is 1.11 bits per heavy atom. The Bertz CT molecular complexity index is 578. The van der Waals surface area contributed by atoms with Crippen molar-refractivity contribution in [2.75, 3.05) is 12.4 Å². The van der Waals surface area contributed by atoms with Crippen LogP contribution in [0.15, 0.2) is 24.3 Å². The van der Waals surface area contributed by atoms with E-state index in [4.69, 9.17) is 0 Å². The average molecular weight is 257 g/mol. The number of benzene rings is 1. The van der Waals surface area contributed by atoms with Gasteiger partial charge in [-0.1, -0.05) is 29.8 Å². The molecular weight excluding hydrogens is 242 g/mol. The van der Waals surface area contributed by atoms with Crippen molar-refractivity contribution < 1.29 is 0 Å². The van der Waals surface area contributed by atoms with Crippen molar-refractivity contribution in [3.8, 4) is 11.4 Å². The van der Waals surface area contributed by atoms with E-state index in [1.807, 2.05) is 18.8 Å². The van der Waals surface area contributed by atoms with E-state index in [0.717, 1.165) is 28.7 Å². The van der Waals surface area contributed by atoms with Gasteiger partial charge in [0.1, 0.15) is 5.82 Å². The molecular formula is C14H15N3S. The highest BCUT2D eigenvalue weighted by molar-refractivity contribution is 7.98. The van der Waals surface area contributed by atoms with Crippen LogP contribution in [0.1, 0.15) is 16.8 Å². The maximum Gasteiger partial charge on any atom is 0.161 e. The summed E-state index contributed by atoms with van der Waals surface area (Å²) in [6.07, 6.45) is 0. The first kappa shape index (κ1) is 11.5. The number of hydrogen-bond acceptors (Lipinski definition) is 4. The summed E-state index contributed by atoms with van der Waals surface area (Å²) in [6.45, 7) is 2.09. The van der Waals surface area contributed by atoms with Crippen LogP contribution in [0.25, 0.3) is 11.4 Å². The molecule has 0 spiro atoms. The lowest BCUT2D eigenvalue weighted by Crippen LogP contribution is -2.03. The Morgan fingerprint density at radius 3 is 2.61 bits per heavy atom. The van der Waals surface area contributed by atoms with Crippen molar-refractivity contribution in [3.05, 3.63) is 41.1 Å². The Kier molecular flexibility index (Phi) is 2.96. The maximum absolute atomic E-state index is 4.69. The first-order valence-corrected chi connectivity index (χ1v) is 7.15. The molecule has 0 radical (unpaired) electrons. The van der Waals surface area contributed by atoms with Gasteiger partial charge < -0.3 is 5.32 Å². The summed E-state index contributed by atoms with van der Waals surface area (Å²) in [7, 11) is 1.92. The smallest absolute Gasteiger partial charge is 0.161 e. The number of fused-ring (bicyclic) bond motifs is 1. The van der Waals surface area contributed by atoms with E-state index in [9.17, 15) is 0 Å². The van der Waals surface area contributed by atoms with Gasteiger partial charge in [0.15, 0.2) is 5.82 Å². The number of aromatic nitrogens is 2. The van der Waals surface area contributed by atoms with Crippen molar-refractivity contribution in [3.63, 3.8) is 0 Å². The van der Waals surface area contributed by atoms with Gasteiger partial charge in [-0.15, -0.1) is 0 Å². The lowest BCUT2D eigenvalue weighted by atomic mass is 10.1. The van der Waals surface area contributed by atoms with Crippen LogP contribution in [-0.2, 0) is 11.5 Å². The second-order valence-electron chi connectivity index (χ2n) is 4.43. The number of nitrogens with one attached hydrogen (secondary N) is 1. The Labute approximate surface area is 111 Å². The topological polar surface area (TPSA) is 37.8 Å². The van der Waals surface area contributed by atoms with Crippen molar-refractivity contribution in [1.29, 1.82) is 0 Å². The van der Waals surface area contributed by atoms with Crippen LogP contribution in [0.4, 0.5) is 5.82 Å². The van der Waals surface area contributed by atoms with E-state index in [2.05, 4.69) is 46.5 Å². The van der Waals surface area contributed by atoms with Crippen molar-refractivity contribution >= 4 is 17.6 Å². The summed E-state index contributed by atoms with van der Waals surface area (Å²) in [5.74, 6) is 3.80. The SMILES string of the molecule is CNc1nc(-c2ccc(C)cc2)nc2c1CSC2. The molecule has 1 aliphatic heterocycles. The Hall–Kier alpha value is -1.55. The van der Waals surface area contributed by atoms with Crippen LogP contribution in [0, 0.1) is 6.92 Å². The van der Waals surface area contributed by atoms with Crippen molar-refractivity contribution in [2.45, 2.75) is 18.4 Å². The second-order valence-corrected chi connectivity index (χ2v) is 5.42. The molecule has 0 bridgehead atoms. The summed E-state index contributed by atoms with van der Waals surface area (Å²) >= 11 is 1.90. The number of thioether (sulfide) groups is 1. The first-order valence-electron chi connectivity index (χ1n) is 6.00. The summed E-state index contributed by atoms with van der Waals surface area (Å²) in [4.78, 5) is 9.32. The molecule has 0 saturated heterocycles. The number of anilines is 1. The normalized spacial score (nSPS) is 13.4. The Balaban J connectivity index is 2.10. The average Bonchev–Trinajstić information content (AvgIpc) is 2.86. The molecule has 0 amide bonds. The quantitative estimate of drug-likeness (QED) is 0.896. The van der Waals surface area contributed by atoms with E-state index in [1.165, 1.54) is 16.8 Å². The first-order chi connectivity index (χ1) is 8.78. The summed E-state index contributed by atoms with van der Waals surface area (Å²) in [5.41, 5.74) is 4.77. The third kappa shape index (κ3) is 1.97. The molecule has 1 aromatic heterocycles. The second kappa shape index (κ2) is 4.61. The molecule has 4 heteroatoms. The molecule has 0 saturated carbocycles. The van der Waals surface area contributed by atoms with Gasteiger partial charge in [-0.05, 0) is 6.92 Å². The van der Waals surface area contributed by atoms with E-state index < -0.39 is 0 Å². The van der Waals surface area contributed by atoms with Gasteiger partial charge in [0, 0.05) is 29.7 Å². The van der Waals surface area contributed by atoms with Gasteiger partial charge in [-0.25, -0.2) is 9.97 Å². The van der Waals surface area contributed by atoms with Gasteiger partial charge in [0.25, 0.3) is 0 Å². The van der Waals surface area contributed by atoms with E-state index >= 15 is 0 Å². The highest BCUT2D eigenvalue weighted by Crippen LogP contribution is 2.34. The molecule has 1 aliphatic rings. The third-order valence-electron chi connectivity index (χ3n) is 3.12. The number of hydrogen-bond donors (Lipinski definition) is 1. The lowest BCUT2D eigenvalue weighted by molar-refractivity contribution is 1.07. The highest BCUT2D eigenvalue weighted by atomic mass is 32.2. The maximum atomic E-state index is 4.69. The third-order valence-corrected chi connectivity index (χ3v) is 4.09. The minimum atomic E-state index is 0.820. The molecule has 2 aromatic rings. The van der Waals surface area contributed by atoms with E-state index in [0.29, 0.717) is 0 Å². The molecule has 3 nitrogen and oxygen atoms in total. The lowest BCUT2D eigenvalue weighted by Gasteiger charge is -2.09. The number of rotatable bonds is 2. The molecule has 1 aromatic carbocycles. The minimum Gasteiger partial charge on any atom is -0.373 e. The zero-order valence-electron chi connectivity index (χ0n) is 10.5. The standard InChI is InChI=1S/C14H15N3S/c1-9-3-5-10(6-4-9)13-16-12-8-18-7-11(12)14(15-2)17-13/h3-6H,7-8H2,1-2H3,(H,15,16,17). The minimum absolute atomic E-state index is 0.820. The van der Waals surface area contributed by atoms with Gasteiger partial charge in [0.2, 0.25) is 0 Å². The molecule has 2 heterocycles. The summed E-state index contributed by atoms with van der Waals surface area (Å²) < 4.78 is 0. The van der Waals surface area contributed by atoms with Gasteiger partial charge in [0.05, 0.1) is 5.69 Å². The zero-order chi connectivity index (χ0) is 12.5. The molecule has 0 fully saturated rings. The monoisotopic (exact) mass is 257 g/mol. The molecule has 0 unspecified atom stereocenters. The fourth-order valence-electron chi connectivity index (χ4n) is 2.09. The molecule has 92 valence electrons. The number of aryl methyl sites for hydroxylation is 1. The van der Waals surface area contributed by atoms with Crippen LogP contribution in [0.2, 0.25) is 0 Å². The fourth-order valence-corrected chi connectivity index (χ4v) is 3.13. The predicted octanol–water partition coefficient (Wildman–Crippen LogP) is 3.24. The molecule has 18 heavy (non-hydrogen) atoms. The van der Waals surface area contributed by atoms with Crippen LogP contribution < -0.4 is 5.32 Å². The fraction of sp³-hybridized carbons (Fsp3) is 0.286. The molecule has 0 atom stereocenters. The van der Waals surface area contributed by atoms with Gasteiger partial charge in [-0.3, -0.25) is 0 Å². The van der Waals surface area contributed by atoms with Crippen LogP contribution in [-0.4, -0.2) is 17.0 Å². The van der Waals surface area contributed by atoms with Gasteiger partial charge in [-0.2, -0.15) is 11.8 Å². The largest absolute Gasteiger partial charge is 0.373 e. The highest BCUT2D eigenvalue weighted by Gasteiger charge is 2.19. The van der Waals surface area contributed by atoms with Crippen LogP contribution in [0.3, 0.4) is 0 Å². The Morgan fingerprint density at radius 2 is 1.89 bits per heavy atom. The zero-order valence-corrected chi connectivity index (χ0v) is 11.3. The van der Waals surface area contributed by atoms with E-state index in [-0.39, 0.29) is 0 Å². The predicted molar refractivity (Wildman–Crippen MR) is 76.8 cm³/mol. The summed E-state index contributed by atoms with van der Waals surface area (Å²) in [6, 6.07) is 8.36. The molecule has 1 N–H and O–H groups in total.